The predicted octanol–water partition coefficient (Wildman–Crippen LogP) is 1.61. The number of nitrogens with two attached hydrogens (primary N) is 1. The van der Waals surface area contributed by atoms with Crippen LogP contribution < -0.4 is 11.1 Å². The number of piperidine rings is 1. The molecule has 0 saturated carbocycles. The average Bonchev–Trinajstić information content (AvgIpc) is 3.38. The van der Waals surface area contributed by atoms with Gasteiger partial charge in [-0.1, -0.05) is 5.21 Å². The van der Waals surface area contributed by atoms with E-state index in [4.69, 9.17) is 10.5 Å². The van der Waals surface area contributed by atoms with Crippen LogP contribution in [0.15, 0.2) is 24.4 Å². The van der Waals surface area contributed by atoms with Gasteiger partial charge in [-0.2, -0.15) is 4.98 Å². The van der Waals surface area contributed by atoms with Crippen molar-refractivity contribution in [1.82, 2.24) is 39.5 Å². The molecular weight excluding hydrogens is 465 g/mol. The van der Waals surface area contributed by atoms with E-state index >= 15 is 0 Å². The summed E-state index contributed by atoms with van der Waals surface area (Å²) >= 11 is 0. The summed E-state index contributed by atoms with van der Waals surface area (Å²) < 4.78 is 48.4. The summed E-state index contributed by atoms with van der Waals surface area (Å²) in [6.07, 6.45) is -1.35. The fourth-order valence-electron chi connectivity index (χ4n) is 4.60. The fourth-order valence-corrected chi connectivity index (χ4v) is 4.60. The van der Waals surface area contributed by atoms with Gasteiger partial charge in [0.1, 0.15) is 23.7 Å². The molecule has 2 atom stereocenters. The Morgan fingerprint density at radius 2 is 2.06 bits per heavy atom. The quantitative estimate of drug-likeness (QED) is 0.416. The number of ether oxygens (including phenoxy) is 1. The summed E-state index contributed by atoms with van der Waals surface area (Å²) in [5, 5.41) is 15.2. The highest BCUT2D eigenvalue weighted by Gasteiger charge is 2.35. The average molecular weight is 488 g/mol. The van der Waals surface area contributed by atoms with Crippen LogP contribution in [0.1, 0.15) is 6.42 Å². The van der Waals surface area contributed by atoms with Crippen LogP contribution in [0.3, 0.4) is 0 Å². The fraction of sp³-hybridized carbons (Fsp3) is 0.476. The maximum atomic E-state index is 14.9. The van der Waals surface area contributed by atoms with E-state index in [1.165, 1.54) is 0 Å². The number of rotatable bonds is 6. The summed E-state index contributed by atoms with van der Waals surface area (Å²) in [5.41, 5.74) is 8.54. The summed E-state index contributed by atoms with van der Waals surface area (Å²) in [6, 6.07) is 5.00. The Morgan fingerprint density at radius 3 is 2.80 bits per heavy atom. The molecule has 2 aliphatic rings. The molecule has 4 aromatic rings. The normalized spacial score (nSPS) is 21.7. The van der Waals surface area contributed by atoms with Crippen molar-refractivity contribution in [3.63, 3.8) is 0 Å². The Morgan fingerprint density at radius 1 is 1.20 bits per heavy atom. The number of anilines is 2. The molecule has 0 aromatic carbocycles. The minimum absolute atomic E-state index is 0.183. The van der Waals surface area contributed by atoms with E-state index in [0.29, 0.717) is 54.5 Å². The van der Waals surface area contributed by atoms with Crippen LogP contribution in [0, 0.1) is 0 Å². The van der Waals surface area contributed by atoms with E-state index in [1.807, 2.05) is 0 Å². The third-order valence-electron chi connectivity index (χ3n) is 6.51. The molecule has 0 unspecified atom stereocenters. The van der Waals surface area contributed by atoms with Crippen molar-refractivity contribution in [3.8, 4) is 11.3 Å². The van der Waals surface area contributed by atoms with Crippen LogP contribution in [0.2, 0.25) is 0 Å². The maximum absolute atomic E-state index is 14.9. The zero-order valence-corrected chi connectivity index (χ0v) is 18.6. The Balaban J connectivity index is 1.26. The molecule has 2 fully saturated rings. The monoisotopic (exact) mass is 488 g/mol. The van der Waals surface area contributed by atoms with Gasteiger partial charge in [0.2, 0.25) is 5.95 Å². The summed E-state index contributed by atoms with van der Waals surface area (Å²) in [6.45, 7) is 1.81. The van der Waals surface area contributed by atoms with Crippen molar-refractivity contribution >= 4 is 28.4 Å². The summed E-state index contributed by atoms with van der Waals surface area (Å²) in [7, 11) is 0. The molecule has 11 nitrogen and oxygen atoms in total. The second-order valence-electron chi connectivity index (χ2n) is 8.79. The van der Waals surface area contributed by atoms with E-state index in [9.17, 15) is 13.2 Å². The van der Waals surface area contributed by atoms with Gasteiger partial charge in [-0.15, -0.1) is 10.2 Å². The van der Waals surface area contributed by atoms with Gasteiger partial charge in [0, 0.05) is 24.8 Å². The van der Waals surface area contributed by atoms with Crippen LogP contribution in [-0.2, 0) is 11.3 Å². The number of nitrogens with zero attached hydrogens (tertiary/aromatic N) is 8. The molecule has 6 heterocycles. The van der Waals surface area contributed by atoms with E-state index in [0.717, 1.165) is 11.2 Å². The van der Waals surface area contributed by atoms with Crippen molar-refractivity contribution in [2.75, 3.05) is 37.4 Å². The molecule has 184 valence electrons. The standard InChI is InChI=1S/C21H23F3N10O/c22-13-7-32(11-9-35-10-11)5-4-15(13)27-21-28-19(25)18-12(3-6-33(18)30-21)14-1-2-16-20(26-14)34(31-29-16)8-17(23)24/h1-3,6,11,13,15,17H,4-5,7-10H2,(H3,25,27,28,30)/t13-,15+/m0/s1. The highest BCUT2D eigenvalue weighted by atomic mass is 19.3. The van der Waals surface area contributed by atoms with E-state index in [1.54, 1.807) is 28.9 Å². The molecule has 14 heteroatoms. The molecule has 0 spiro atoms. The van der Waals surface area contributed by atoms with Gasteiger partial charge < -0.3 is 15.8 Å². The number of alkyl halides is 3. The van der Waals surface area contributed by atoms with Gasteiger partial charge in [0.25, 0.3) is 6.43 Å². The smallest absolute Gasteiger partial charge is 0.258 e. The summed E-state index contributed by atoms with van der Waals surface area (Å²) in [4.78, 5) is 11.0. The number of nitrogen functional groups attached to an aromatic ring is 1. The van der Waals surface area contributed by atoms with Gasteiger partial charge in [0.15, 0.2) is 11.5 Å². The van der Waals surface area contributed by atoms with Gasteiger partial charge in [-0.05, 0) is 24.6 Å². The molecule has 0 aliphatic carbocycles. The van der Waals surface area contributed by atoms with E-state index < -0.39 is 25.2 Å². The lowest BCUT2D eigenvalue weighted by atomic mass is 10.0. The molecule has 0 amide bonds. The number of hydrogen-bond donors (Lipinski definition) is 2. The lowest BCUT2D eigenvalue weighted by Crippen LogP contribution is -2.57. The van der Waals surface area contributed by atoms with E-state index in [-0.39, 0.29) is 17.4 Å². The van der Waals surface area contributed by atoms with Gasteiger partial charge >= 0.3 is 0 Å². The van der Waals surface area contributed by atoms with Crippen molar-refractivity contribution < 1.29 is 17.9 Å². The molecule has 2 aliphatic heterocycles. The molecule has 0 radical (unpaired) electrons. The number of aromatic nitrogens is 7. The summed E-state index contributed by atoms with van der Waals surface area (Å²) in [5.74, 6) is 0.413. The molecule has 35 heavy (non-hydrogen) atoms. The Hall–Kier alpha value is -3.52. The first-order chi connectivity index (χ1) is 17.0. The third-order valence-corrected chi connectivity index (χ3v) is 6.51. The zero-order chi connectivity index (χ0) is 24.1. The van der Waals surface area contributed by atoms with Crippen molar-refractivity contribution in [2.45, 2.75) is 37.6 Å². The number of nitrogens with one attached hydrogen (secondary N) is 1. The molecule has 3 N–H and O–H groups in total. The Bertz CT molecular complexity index is 1370. The first-order valence-electron chi connectivity index (χ1n) is 11.3. The molecule has 6 rings (SSSR count). The van der Waals surface area contributed by atoms with Gasteiger partial charge in [0.05, 0.1) is 31.0 Å². The second-order valence-corrected chi connectivity index (χ2v) is 8.79. The maximum Gasteiger partial charge on any atom is 0.258 e. The van der Waals surface area contributed by atoms with Gasteiger partial charge in [-0.25, -0.2) is 27.4 Å². The molecular formula is C21H23F3N10O. The Kier molecular flexibility index (Phi) is 5.40. The number of fused-ring (bicyclic) bond motifs is 2. The number of pyridine rings is 1. The van der Waals surface area contributed by atoms with Crippen molar-refractivity contribution in [1.29, 1.82) is 0 Å². The lowest BCUT2D eigenvalue weighted by Gasteiger charge is -2.42. The van der Waals surface area contributed by atoms with Crippen LogP contribution in [-0.4, -0.2) is 90.5 Å². The van der Waals surface area contributed by atoms with Gasteiger partial charge in [-0.3, -0.25) is 4.90 Å². The minimum atomic E-state index is -2.58. The topological polar surface area (TPSA) is 124 Å². The molecule has 4 aromatic heterocycles. The van der Waals surface area contributed by atoms with E-state index in [2.05, 4.69) is 35.6 Å². The zero-order valence-electron chi connectivity index (χ0n) is 18.6. The Labute approximate surface area is 197 Å². The van der Waals surface area contributed by atoms with Crippen LogP contribution in [0.4, 0.5) is 24.9 Å². The number of hydrogen-bond acceptors (Lipinski definition) is 9. The third kappa shape index (κ3) is 4.01. The highest BCUT2D eigenvalue weighted by Crippen LogP contribution is 2.29. The predicted molar refractivity (Wildman–Crippen MR) is 121 cm³/mol. The SMILES string of the molecule is Nc1nc(N[C@@H]2CCN(C3COC3)C[C@@H]2F)nn2ccc(-c3ccc4nnn(CC(F)F)c4n3)c12. The van der Waals surface area contributed by atoms with Crippen LogP contribution >= 0.6 is 0 Å². The van der Waals surface area contributed by atoms with Crippen molar-refractivity contribution in [3.05, 3.63) is 24.4 Å². The number of halogens is 3. The second kappa shape index (κ2) is 8.61. The first kappa shape index (κ1) is 22.0. The molecule has 0 bridgehead atoms. The first-order valence-corrected chi connectivity index (χ1v) is 11.3. The highest BCUT2D eigenvalue weighted by molar-refractivity contribution is 5.88. The molecule has 2 saturated heterocycles. The largest absolute Gasteiger partial charge is 0.382 e. The van der Waals surface area contributed by atoms with Crippen LogP contribution in [0.5, 0.6) is 0 Å². The number of likely N-dealkylation sites (tertiary alicyclic amines) is 1. The van der Waals surface area contributed by atoms with Crippen molar-refractivity contribution in [2.24, 2.45) is 0 Å². The van der Waals surface area contributed by atoms with Crippen LogP contribution in [0.25, 0.3) is 27.9 Å². The minimum Gasteiger partial charge on any atom is -0.382 e. The lowest BCUT2D eigenvalue weighted by molar-refractivity contribution is -0.0794.